The van der Waals surface area contributed by atoms with Gasteiger partial charge in [-0.25, -0.2) is 0 Å². The SMILES string of the molecule is Cc1ccc2ccccc2c1B(c1c(C)ccc2ccccc12)c1cc2ccccc2c2ccccc12. The fourth-order valence-electron chi connectivity index (χ4n) is 6.35. The normalized spacial score (nSPS) is 11.5. The average molecular weight is 470 g/mol. The van der Waals surface area contributed by atoms with Gasteiger partial charge in [-0.15, -0.1) is 0 Å². The van der Waals surface area contributed by atoms with E-state index >= 15 is 0 Å². The third kappa shape index (κ3) is 3.46. The van der Waals surface area contributed by atoms with Gasteiger partial charge in [-0.3, -0.25) is 0 Å². The van der Waals surface area contributed by atoms with Crippen LogP contribution < -0.4 is 16.4 Å². The van der Waals surface area contributed by atoms with Crippen LogP contribution in [0, 0.1) is 13.8 Å². The van der Waals surface area contributed by atoms with Gasteiger partial charge in [0.1, 0.15) is 0 Å². The number of hydrogen-bond donors (Lipinski definition) is 0. The van der Waals surface area contributed by atoms with Gasteiger partial charge in [0.15, 0.2) is 0 Å². The van der Waals surface area contributed by atoms with Gasteiger partial charge in [0, 0.05) is 0 Å². The van der Waals surface area contributed by atoms with Crippen LogP contribution in [-0.4, -0.2) is 6.71 Å². The topological polar surface area (TPSA) is 0 Å². The van der Waals surface area contributed by atoms with Gasteiger partial charge in [-0.1, -0.05) is 155 Å². The van der Waals surface area contributed by atoms with Crippen LogP contribution >= 0.6 is 0 Å². The van der Waals surface area contributed by atoms with Gasteiger partial charge in [-0.2, -0.15) is 0 Å². The maximum Gasteiger partial charge on any atom is 0.244 e. The standard InChI is InChI=1S/C36H27B/c1-24-19-21-26-11-3-7-15-30(26)35(24)37(36-25(2)20-22-27-12-4-8-16-31(27)36)34-23-28-13-5-6-14-29(28)32-17-9-10-18-33(32)34/h3-23H,1-2H3. The third-order valence-corrected chi connectivity index (χ3v) is 8.07. The highest BCUT2D eigenvalue weighted by Gasteiger charge is 2.30. The fraction of sp³-hybridized carbons (Fsp3) is 0.0556. The molecule has 0 aromatic heterocycles. The number of aryl methyl sites for hydroxylation is 2. The summed E-state index contributed by atoms with van der Waals surface area (Å²) < 4.78 is 0. The van der Waals surface area contributed by atoms with Crippen molar-refractivity contribution < 1.29 is 0 Å². The minimum absolute atomic E-state index is 0.0895. The minimum atomic E-state index is 0.0895. The molecule has 37 heavy (non-hydrogen) atoms. The molecule has 1 heteroatoms. The third-order valence-electron chi connectivity index (χ3n) is 8.07. The molecule has 7 aromatic carbocycles. The highest BCUT2D eigenvalue weighted by atomic mass is 14.1. The van der Waals surface area contributed by atoms with E-state index in [0.717, 1.165) is 0 Å². The lowest BCUT2D eigenvalue weighted by Crippen LogP contribution is -2.54. The molecule has 0 amide bonds. The Morgan fingerprint density at radius 3 is 1.38 bits per heavy atom. The summed E-state index contributed by atoms with van der Waals surface area (Å²) in [4.78, 5) is 0. The predicted octanol–water partition coefficient (Wildman–Crippen LogP) is 7.43. The molecule has 0 N–H and O–H groups in total. The summed E-state index contributed by atoms with van der Waals surface area (Å²) in [5.41, 5.74) is 6.82. The average Bonchev–Trinajstić information content (AvgIpc) is 2.95. The number of hydrogen-bond acceptors (Lipinski definition) is 0. The first-order valence-corrected chi connectivity index (χ1v) is 13.1. The molecule has 0 saturated carbocycles. The first-order chi connectivity index (χ1) is 18.2. The van der Waals surface area contributed by atoms with Crippen LogP contribution in [0.2, 0.25) is 0 Å². The monoisotopic (exact) mass is 470 g/mol. The second-order valence-corrected chi connectivity index (χ2v) is 10.2. The van der Waals surface area contributed by atoms with Crippen molar-refractivity contribution in [1.82, 2.24) is 0 Å². The highest BCUT2D eigenvalue weighted by molar-refractivity contribution is 7.00. The predicted molar refractivity (Wildman–Crippen MR) is 163 cm³/mol. The summed E-state index contributed by atoms with van der Waals surface area (Å²) in [7, 11) is 0. The van der Waals surface area contributed by atoms with E-state index in [4.69, 9.17) is 0 Å². The van der Waals surface area contributed by atoms with Gasteiger partial charge < -0.3 is 0 Å². The van der Waals surface area contributed by atoms with Gasteiger partial charge in [0.2, 0.25) is 6.71 Å². The molecular weight excluding hydrogens is 443 g/mol. The molecule has 0 heterocycles. The Bertz CT molecular complexity index is 1880. The Balaban J connectivity index is 1.70. The zero-order valence-corrected chi connectivity index (χ0v) is 21.2. The van der Waals surface area contributed by atoms with Crippen LogP contribution in [0.5, 0.6) is 0 Å². The number of rotatable bonds is 3. The lowest BCUT2D eigenvalue weighted by atomic mass is 9.34. The van der Waals surface area contributed by atoms with Crippen LogP contribution in [0.1, 0.15) is 11.1 Å². The quantitative estimate of drug-likeness (QED) is 0.186. The van der Waals surface area contributed by atoms with E-state index < -0.39 is 0 Å². The van der Waals surface area contributed by atoms with Crippen LogP contribution in [0.15, 0.2) is 127 Å². The van der Waals surface area contributed by atoms with Crippen molar-refractivity contribution in [3.8, 4) is 0 Å². The van der Waals surface area contributed by atoms with Gasteiger partial charge in [0.05, 0.1) is 0 Å². The molecule has 174 valence electrons. The first-order valence-electron chi connectivity index (χ1n) is 13.1. The molecule has 0 atom stereocenters. The van der Waals surface area contributed by atoms with Crippen molar-refractivity contribution in [3.05, 3.63) is 139 Å². The summed E-state index contributed by atoms with van der Waals surface area (Å²) in [5, 5.41) is 10.5. The van der Waals surface area contributed by atoms with E-state index in [1.165, 1.54) is 70.6 Å². The van der Waals surface area contributed by atoms with E-state index in [-0.39, 0.29) is 6.71 Å². The Morgan fingerprint density at radius 1 is 0.378 bits per heavy atom. The van der Waals surface area contributed by atoms with Crippen molar-refractivity contribution in [2.24, 2.45) is 0 Å². The lowest BCUT2D eigenvalue weighted by molar-refractivity contribution is 1.52. The molecule has 7 aromatic rings. The first kappa shape index (κ1) is 21.9. The summed E-state index contributed by atoms with van der Waals surface area (Å²) in [6.07, 6.45) is 0. The molecule has 0 spiro atoms. The van der Waals surface area contributed by atoms with Crippen LogP contribution in [0.25, 0.3) is 43.1 Å². The molecular formula is C36H27B. The Hall–Kier alpha value is -4.36. The molecule has 0 fully saturated rings. The smallest absolute Gasteiger partial charge is 0.0616 e. The maximum atomic E-state index is 2.45. The lowest BCUT2D eigenvalue weighted by Gasteiger charge is -2.25. The molecule has 0 unspecified atom stereocenters. The van der Waals surface area contributed by atoms with Gasteiger partial charge >= 0.3 is 0 Å². The fourth-order valence-corrected chi connectivity index (χ4v) is 6.35. The maximum absolute atomic E-state index is 2.45. The van der Waals surface area contributed by atoms with E-state index in [2.05, 4.69) is 141 Å². The molecule has 0 saturated heterocycles. The van der Waals surface area contributed by atoms with Crippen molar-refractivity contribution in [2.75, 3.05) is 0 Å². The second kappa shape index (κ2) is 8.64. The molecule has 0 bridgehead atoms. The van der Waals surface area contributed by atoms with E-state index in [1.807, 2.05) is 0 Å². The van der Waals surface area contributed by atoms with E-state index in [1.54, 1.807) is 0 Å². The van der Waals surface area contributed by atoms with Crippen molar-refractivity contribution in [3.63, 3.8) is 0 Å². The molecule has 0 nitrogen and oxygen atoms in total. The number of fused-ring (bicyclic) bond motifs is 5. The molecule has 0 aliphatic carbocycles. The molecule has 7 rings (SSSR count). The van der Waals surface area contributed by atoms with Gasteiger partial charge in [-0.05, 0) is 56.9 Å². The van der Waals surface area contributed by atoms with Crippen molar-refractivity contribution >= 4 is 66.2 Å². The highest BCUT2D eigenvalue weighted by Crippen LogP contribution is 2.26. The largest absolute Gasteiger partial charge is 0.244 e. The van der Waals surface area contributed by atoms with Crippen molar-refractivity contribution in [2.45, 2.75) is 13.8 Å². The second-order valence-electron chi connectivity index (χ2n) is 10.2. The van der Waals surface area contributed by atoms with Crippen LogP contribution in [0.3, 0.4) is 0 Å². The Morgan fingerprint density at radius 2 is 0.811 bits per heavy atom. The molecule has 0 aliphatic rings. The molecule has 0 aliphatic heterocycles. The summed E-state index contributed by atoms with van der Waals surface area (Å²) in [6.45, 7) is 4.64. The Labute approximate surface area is 218 Å². The summed E-state index contributed by atoms with van der Waals surface area (Å²) in [5.74, 6) is 0. The zero-order chi connectivity index (χ0) is 24.9. The number of benzene rings is 7. The zero-order valence-electron chi connectivity index (χ0n) is 21.2. The van der Waals surface area contributed by atoms with Gasteiger partial charge in [0.25, 0.3) is 0 Å². The van der Waals surface area contributed by atoms with E-state index in [9.17, 15) is 0 Å². The molecule has 0 radical (unpaired) electrons. The Kier molecular flexibility index (Phi) is 5.11. The van der Waals surface area contributed by atoms with Crippen LogP contribution in [0.4, 0.5) is 0 Å². The van der Waals surface area contributed by atoms with E-state index in [0.29, 0.717) is 0 Å². The summed E-state index contributed by atoms with van der Waals surface area (Å²) >= 11 is 0. The minimum Gasteiger partial charge on any atom is -0.0616 e. The van der Waals surface area contributed by atoms with Crippen molar-refractivity contribution in [1.29, 1.82) is 0 Å². The summed E-state index contributed by atoms with van der Waals surface area (Å²) in [6, 6.07) is 47.1. The van der Waals surface area contributed by atoms with Crippen LogP contribution in [-0.2, 0) is 0 Å².